The second-order valence-corrected chi connectivity index (χ2v) is 7.35. The van der Waals surface area contributed by atoms with Gasteiger partial charge >= 0.3 is 0 Å². The minimum absolute atomic E-state index is 0.0187. The van der Waals surface area contributed by atoms with E-state index in [1.165, 1.54) is 0 Å². The second-order valence-electron chi connectivity index (χ2n) is 7.35. The molecule has 25 heavy (non-hydrogen) atoms. The van der Waals surface area contributed by atoms with Gasteiger partial charge in [-0.25, -0.2) is 0 Å². The summed E-state index contributed by atoms with van der Waals surface area (Å²) in [5.74, 6) is -0.385. The highest BCUT2D eigenvalue weighted by atomic mass is 16.2. The van der Waals surface area contributed by atoms with Gasteiger partial charge in [-0.15, -0.1) is 0 Å². The summed E-state index contributed by atoms with van der Waals surface area (Å²) in [4.78, 5) is 24.5. The van der Waals surface area contributed by atoms with Crippen molar-refractivity contribution < 1.29 is 9.59 Å². The fraction of sp³-hybridized carbons (Fsp3) is 0.300. The Kier molecular flexibility index (Phi) is 5.47. The number of hydrogen-bond acceptors (Lipinski definition) is 3. The maximum atomic E-state index is 12.4. The summed E-state index contributed by atoms with van der Waals surface area (Å²) in [6.07, 6.45) is 0. The summed E-state index contributed by atoms with van der Waals surface area (Å²) >= 11 is 0. The highest BCUT2D eigenvalue weighted by molar-refractivity contribution is 6.05. The molecular weight excluding hydrogens is 314 g/mol. The number of aryl methyl sites for hydroxylation is 1. The number of nitrogen functional groups attached to an aromatic ring is 1. The highest BCUT2D eigenvalue weighted by Gasteiger charge is 2.14. The molecule has 5 nitrogen and oxygen atoms in total. The molecule has 5 heteroatoms. The molecule has 132 valence electrons. The number of carbonyl (C=O) groups excluding carboxylic acids is 2. The molecule has 0 unspecified atom stereocenters. The van der Waals surface area contributed by atoms with Crippen molar-refractivity contribution in [1.29, 1.82) is 0 Å². The molecule has 0 fully saturated rings. The minimum atomic E-state index is -0.240. The monoisotopic (exact) mass is 339 g/mol. The molecule has 0 radical (unpaired) electrons. The number of carbonyl (C=O) groups is 2. The maximum absolute atomic E-state index is 12.4. The molecule has 0 aliphatic heterocycles. The quantitative estimate of drug-likeness (QED) is 0.744. The summed E-state index contributed by atoms with van der Waals surface area (Å²) in [5, 5.41) is 5.73. The zero-order valence-corrected chi connectivity index (χ0v) is 15.1. The first kappa shape index (κ1) is 18.5. The lowest BCUT2D eigenvalue weighted by Gasteiger charge is -2.18. The van der Waals surface area contributed by atoms with Crippen LogP contribution in [0, 0.1) is 12.3 Å². The van der Waals surface area contributed by atoms with Crippen molar-refractivity contribution in [3.8, 4) is 0 Å². The number of amides is 2. The number of nitrogens with one attached hydrogen (secondary N) is 2. The number of anilines is 2. The molecule has 0 saturated carbocycles. The van der Waals surface area contributed by atoms with Gasteiger partial charge in [0.05, 0.1) is 0 Å². The largest absolute Gasteiger partial charge is 0.399 e. The maximum Gasteiger partial charge on any atom is 0.255 e. The van der Waals surface area contributed by atoms with Gasteiger partial charge < -0.3 is 16.4 Å². The number of benzene rings is 2. The van der Waals surface area contributed by atoms with E-state index in [4.69, 9.17) is 5.73 Å². The topological polar surface area (TPSA) is 84.2 Å². The fourth-order valence-corrected chi connectivity index (χ4v) is 2.19. The lowest BCUT2D eigenvalue weighted by molar-refractivity contribution is 0.0938. The van der Waals surface area contributed by atoms with Crippen LogP contribution < -0.4 is 16.4 Å². The summed E-state index contributed by atoms with van der Waals surface area (Å²) in [6, 6.07) is 12.0. The van der Waals surface area contributed by atoms with Crippen molar-refractivity contribution in [2.75, 3.05) is 17.6 Å². The van der Waals surface area contributed by atoms with Crippen LogP contribution in [-0.2, 0) is 0 Å². The summed E-state index contributed by atoms with van der Waals surface area (Å²) < 4.78 is 0. The van der Waals surface area contributed by atoms with Crippen LogP contribution in [0.25, 0.3) is 0 Å². The SMILES string of the molecule is Cc1ccc(N)cc1NC(=O)c1ccc(C(=O)NCC(C)(C)C)cc1. The van der Waals surface area contributed by atoms with E-state index >= 15 is 0 Å². The predicted octanol–water partition coefficient (Wildman–Crippen LogP) is 3.61. The van der Waals surface area contributed by atoms with Crippen LogP contribution in [-0.4, -0.2) is 18.4 Å². The van der Waals surface area contributed by atoms with E-state index in [9.17, 15) is 9.59 Å². The van der Waals surface area contributed by atoms with Crippen molar-refractivity contribution in [1.82, 2.24) is 5.32 Å². The third kappa shape index (κ3) is 5.35. The van der Waals surface area contributed by atoms with E-state index in [0.717, 1.165) is 5.56 Å². The van der Waals surface area contributed by atoms with Gasteiger partial charge in [0.1, 0.15) is 0 Å². The van der Waals surface area contributed by atoms with E-state index in [-0.39, 0.29) is 17.2 Å². The van der Waals surface area contributed by atoms with Gasteiger partial charge in [-0.05, 0) is 54.3 Å². The van der Waals surface area contributed by atoms with Crippen molar-refractivity contribution in [3.63, 3.8) is 0 Å². The Morgan fingerprint density at radius 1 is 0.960 bits per heavy atom. The fourth-order valence-electron chi connectivity index (χ4n) is 2.19. The van der Waals surface area contributed by atoms with E-state index < -0.39 is 0 Å². The summed E-state index contributed by atoms with van der Waals surface area (Å²) in [6.45, 7) is 8.65. The van der Waals surface area contributed by atoms with Crippen LogP contribution in [0.3, 0.4) is 0 Å². The lowest BCUT2D eigenvalue weighted by atomic mass is 9.97. The first-order chi connectivity index (χ1) is 11.7. The zero-order valence-electron chi connectivity index (χ0n) is 15.1. The molecule has 4 N–H and O–H groups in total. The van der Waals surface area contributed by atoms with Gasteiger partial charge in [0.2, 0.25) is 0 Å². The Hall–Kier alpha value is -2.82. The van der Waals surface area contributed by atoms with Gasteiger partial charge in [0.25, 0.3) is 11.8 Å². The first-order valence-electron chi connectivity index (χ1n) is 8.21. The molecule has 2 rings (SSSR count). The number of nitrogens with two attached hydrogens (primary N) is 1. The van der Waals surface area contributed by atoms with Gasteiger partial charge in [-0.1, -0.05) is 26.8 Å². The highest BCUT2D eigenvalue weighted by Crippen LogP contribution is 2.19. The Bertz CT molecular complexity index is 775. The van der Waals surface area contributed by atoms with E-state index in [1.54, 1.807) is 36.4 Å². The zero-order chi connectivity index (χ0) is 18.6. The van der Waals surface area contributed by atoms with Crippen LogP contribution in [0.5, 0.6) is 0 Å². The van der Waals surface area contributed by atoms with Gasteiger partial charge in [0, 0.05) is 29.0 Å². The molecule has 2 aromatic carbocycles. The Labute approximate surface area is 148 Å². The van der Waals surface area contributed by atoms with E-state index in [2.05, 4.69) is 31.4 Å². The summed E-state index contributed by atoms with van der Waals surface area (Å²) in [7, 11) is 0. The number of hydrogen-bond donors (Lipinski definition) is 3. The summed E-state index contributed by atoms with van der Waals surface area (Å²) in [5.41, 5.74) is 8.98. The molecule has 2 aromatic rings. The Morgan fingerprint density at radius 3 is 2.08 bits per heavy atom. The number of rotatable bonds is 4. The molecule has 0 saturated heterocycles. The molecule has 0 atom stereocenters. The molecular formula is C20H25N3O2. The average molecular weight is 339 g/mol. The van der Waals surface area contributed by atoms with Crippen molar-refractivity contribution >= 4 is 23.2 Å². The Morgan fingerprint density at radius 2 is 1.52 bits per heavy atom. The molecule has 0 bridgehead atoms. The van der Waals surface area contributed by atoms with Crippen LogP contribution in [0.15, 0.2) is 42.5 Å². The normalized spacial score (nSPS) is 11.0. The second kappa shape index (κ2) is 7.38. The standard InChI is InChI=1S/C20H25N3O2/c1-13-5-10-16(21)11-17(13)23-19(25)15-8-6-14(7-9-15)18(24)22-12-20(2,3)4/h5-11H,12,21H2,1-4H3,(H,22,24)(H,23,25). The van der Waals surface area contributed by atoms with Crippen LogP contribution in [0.2, 0.25) is 0 Å². The molecule has 2 amide bonds. The molecule has 0 aromatic heterocycles. The van der Waals surface area contributed by atoms with Crippen LogP contribution in [0.4, 0.5) is 11.4 Å². The Balaban J connectivity index is 2.05. The van der Waals surface area contributed by atoms with Crippen molar-refractivity contribution in [3.05, 3.63) is 59.2 Å². The first-order valence-corrected chi connectivity index (χ1v) is 8.21. The van der Waals surface area contributed by atoms with Crippen LogP contribution in [0.1, 0.15) is 47.1 Å². The molecule has 0 aliphatic rings. The van der Waals surface area contributed by atoms with Gasteiger partial charge in [-0.3, -0.25) is 9.59 Å². The lowest BCUT2D eigenvalue weighted by Crippen LogP contribution is -2.32. The molecule has 0 heterocycles. The molecule has 0 aliphatic carbocycles. The predicted molar refractivity (Wildman–Crippen MR) is 102 cm³/mol. The van der Waals surface area contributed by atoms with E-state index in [1.807, 2.05) is 13.0 Å². The minimum Gasteiger partial charge on any atom is -0.399 e. The van der Waals surface area contributed by atoms with E-state index in [0.29, 0.717) is 29.0 Å². The van der Waals surface area contributed by atoms with Gasteiger partial charge in [0.15, 0.2) is 0 Å². The molecule has 0 spiro atoms. The smallest absolute Gasteiger partial charge is 0.255 e. The third-order valence-electron chi connectivity index (χ3n) is 3.70. The van der Waals surface area contributed by atoms with Gasteiger partial charge in [-0.2, -0.15) is 0 Å². The van der Waals surface area contributed by atoms with Crippen molar-refractivity contribution in [2.24, 2.45) is 5.41 Å². The van der Waals surface area contributed by atoms with Crippen molar-refractivity contribution in [2.45, 2.75) is 27.7 Å². The average Bonchev–Trinajstić information content (AvgIpc) is 2.55. The van der Waals surface area contributed by atoms with Crippen LogP contribution >= 0.6 is 0 Å². The third-order valence-corrected chi connectivity index (χ3v) is 3.70.